The van der Waals surface area contributed by atoms with Gasteiger partial charge in [-0.25, -0.2) is 0 Å². The third kappa shape index (κ3) is 1.48. The van der Waals surface area contributed by atoms with Crippen LogP contribution in [-0.4, -0.2) is 5.78 Å². The molecule has 1 nitrogen and oxygen atoms in total. The molecule has 0 amide bonds. The Morgan fingerprint density at radius 3 is 2.53 bits per heavy atom. The lowest BCUT2D eigenvalue weighted by Gasteiger charge is -2.26. The lowest BCUT2D eigenvalue weighted by atomic mass is 9.78. The zero-order valence-corrected chi connectivity index (χ0v) is 10.8. The van der Waals surface area contributed by atoms with Crippen molar-refractivity contribution >= 4 is 5.78 Å². The highest BCUT2D eigenvalue weighted by molar-refractivity contribution is 5.96. The van der Waals surface area contributed by atoms with Crippen molar-refractivity contribution in [2.75, 3.05) is 0 Å². The van der Waals surface area contributed by atoms with Gasteiger partial charge in [-0.15, -0.1) is 0 Å². The van der Waals surface area contributed by atoms with Gasteiger partial charge in [0.15, 0.2) is 5.78 Å². The van der Waals surface area contributed by atoms with Gasteiger partial charge in [0.25, 0.3) is 0 Å². The Morgan fingerprint density at radius 1 is 1.18 bits per heavy atom. The summed E-state index contributed by atoms with van der Waals surface area (Å²) in [6, 6.07) is 4.19. The van der Waals surface area contributed by atoms with E-state index in [1.807, 2.05) is 6.07 Å². The van der Waals surface area contributed by atoms with Crippen LogP contribution in [0.5, 0.6) is 0 Å². The van der Waals surface area contributed by atoms with Crippen LogP contribution in [0.15, 0.2) is 12.1 Å². The molecule has 0 bridgehead atoms. The van der Waals surface area contributed by atoms with E-state index >= 15 is 0 Å². The lowest BCUT2D eigenvalue weighted by Crippen LogP contribution is -2.19. The van der Waals surface area contributed by atoms with Crippen molar-refractivity contribution in [3.05, 3.63) is 34.4 Å². The molecule has 3 rings (SSSR count). The van der Waals surface area contributed by atoms with Gasteiger partial charge in [0.1, 0.15) is 0 Å². The molecule has 0 saturated heterocycles. The van der Waals surface area contributed by atoms with Crippen molar-refractivity contribution in [3.63, 3.8) is 0 Å². The van der Waals surface area contributed by atoms with Crippen molar-refractivity contribution in [1.29, 1.82) is 0 Å². The Labute approximate surface area is 103 Å². The maximum absolute atomic E-state index is 11.7. The maximum atomic E-state index is 11.7. The van der Waals surface area contributed by atoms with Crippen LogP contribution in [0.2, 0.25) is 0 Å². The van der Waals surface area contributed by atoms with E-state index in [-0.39, 0.29) is 5.78 Å². The van der Waals surface area contributed by atoms with Gasteiger partial charge in [0, 0.05) is 5.56 Å². The van der Waals surface area contributed by atoms with Crippen molar-refractivity contribution < 1.29 is 4.79 Å². The van der Waals surface area contributed by atoms with Gasteiger partial charge in [-0.2, -0.15) is 0 Å². The molecule has 1 fully saturated rings. The molecule has 1 spiro atoms. The number of rotatable bonds is 1. The minimum Gasteiger partial charge on any atom is -0.295 e. The largest absolute Gasteiger partial charge is 0.295 e. The Hall–Kier alpha value is -1.11. The fourth-order valence-corrected chi connectivity index (χ4v) is 4.13. The molecule has 0 atom stereocenters. The van der Waals surface area contributed by atoms with E-state index in [4.69, 9.17) is 0 Å². The molecule has 90 valence electrons. The molecule has 2 aliphatic rings. The highest BCUT2D eigenvalue weighted by atomic mass is 16.1. The molecule has 0 heterocycles. The standard InChI is InChI=1S/C16H20O/c1-11-5-6-13(12(2)17)14-7-10-16(15(11)14)8-3-4-9-16/h5-6H,3-4,7-10H2,1-2H3. The predicted molar refractivity (Wildman–Crippen MR) is 69.7 cm³/mol. The molecule has 1 aromatic rings. The number of benzene rings is 1. The van der Waals surface area contributed by atoms with E-state index in [0.29, 0.717) is 5.41 Å². The lowest BCUT2D eigenvalue weighted by molar-refractivity contribution is 0.101. The highest BCUT2D eigenvalue weighted by Gasteiger charge is 2.42. The minimum atomic E-state index is 0.233. The second kappa shape index (κ2) is 3.69. The third-order valence-corrected chi connectivity index (χ3v) is 4.85. The second-order valence-electron chi connectivity index (χ2n) is 5.83. The van der Waals surface area contributed by atoms with Gasteiger partial charge in [-0.05, 0) is 61.6 Å². The molecule has 0 N–H and O–H groups in total. The fourth-order valence-electron chi connectivity index (χ4n) is 4.13. The van der Waals surface area contributed by atoms with Crippen LogP contribution in [0.25, 0.3) is 0 Å². The maximum Gasteiger partial charge on any atom is 0.160 e. The Morgan fingerprint density at radius 2 is 1.88 bits per heavy atom. The second-order valence-corrected chi connectivity index (χ2v) is 5.83. The SMILES string of the molecule is CC(=O)c1ccc(C)c2c1CCC21CCCC1. The number of carbonyl (C=O) groups is 1. The molecule has 17 heavy (non-hydrogen) atoms. The first-order valence-electron chi connectivity index (χ1n) is 6.78. The van der Waals surface area contributed by atoms with Crippen LogP contribution in [0.3, 0.4) is 0 Å². The zero-order chi connectivity index (χ0) is 12.0. The summed E-state index contributed by atoms with van der Waals surface area (Å²) in [7, 11) is 0. The minimum absolute atomic E-state index is 0.233. The first kappa shape index (κ1) is 11.0. The van der Waals surface area contributed by atoms with Crippen LogP contribution in [0.4, 0.5) is 0 Å². The van der Waals surface area contributed by atoms with Gasteiger partial charge in [-0.1, -0.05) is 25.0 Å². The van der Waals surface area contributed by atoms with Crippen LogP contribution in [0, 0.1) is 6.92 Å². The van der Waals surface area contributed by atoms with E-state index in [2.05, 4.69) is 13.0 Å². The molecular formula is C16H20O. The molecule has 1 heteroatoms. The molecule has 1 aromatic carbocycles. The predicted octanol–water partition coefficient (Wildman–Crippen LogP) is 3.96. The summed E-state index contributed by atoms with van der Waals surface area (Å²) in [6.45, 7) is 3.92. The van der Waals surface area contributed by atoms with Gasteiger partial charge in [0.2, 0.25) is 0 Å². The van der Waals surface area contributed by atoms with Crippen LogP contribution in [-0.2, 0) is 11.8 Å². The molecular weight excluding hydrogens is 208 g/mol. The van der Waals surface area contributed by atoms with E-state index in [1.165, 1.54) is 43.2 Å². The first-order valence-corrected chi connectivity index (χ1v) is 6.78. The Balaban J connectivity index is 2.20. The summed E-state index contributed by atoms with van der Waals surface area (Å²) in [5.74, 6) is 0.233. The normalized spacial score (nSPS) is 20.8. The number of hydrogen-bond acceptors (Lipinski definition) is 1. The quantitative estimate of drug-likeness (QED) is 0.665. The van der Waals surface area contributed by atoms with E-state index in [0.717, 1.165) is 12.0 Å². The first-order chi connectivity index (χ1) is 8.14. The van der Waals surface area contributed by atoms with Gasteiger partial charge in [-0.3, -0.25) is 4.79 Å². The van der Waals surface area contributed by atoms with Crippen LogP contribution >= 0.6 is 0 Å². The highest BCUT2D eigenvalue weighted by Crippen LogP contribution is 2.51. The molecule has 0 unspecified atom stereocenters. The number of carbonyl (C=O) groups excluding carboxylic acids is 1. The molecule has 0 aliphatic heterocycles. The van der Waals surface area contributed by atoms with Crippen molar-refractivity contribution in [3.8, 4) is 0 Å². The van der Waals surface area contributed by atoms with Gasteiger partial charge in [0.05, 0.1) is 0 Å². The smallest absolute Gasteiger partial charge is 0.160 e. The summed E-state index contributed by atoms with van der Waals surface area (Å²) in [6.07, 6.45) is 7.79. The van der Waals surface area contributed by atoms with Gasteiger partial charge < -0.3 is 0 Å². The van der Waals surface area contributed by atoms with Crippen LogP contribution < -0.4 is 0 Å². The Kier molecular flexibility index (Phi) is 2.39. The fraction of sp³-hybridized carbons (Fsp3) is 0.562. The monoisotopic (exact) mass is 228 g/mol. The number of hydrogen-bond donors (Lipinski definition) is 0. The van der Waals surface area contributed by atoms with Crippen LogP contribution in [0.1, 0.15) is 66.1 Å². The number of ketones is 1. The molecule has 0 aromatic heterocycles. The van der Waals surface area contributed by atoms with E-state index in [1.54, 1.807) is 12.5 Å². The summed E-state index contributed by atoms with van der Waals surface area (Å²) in [5, 5.41) is 0. The number of fused-ring (bicyclic) bond motifs is 2. The average molecular weight is 228 g/mol. The molecule has 2 aliphatic carbocycles. The van der Waals surface area contributed by atoms with E-state index in [9.17, 15) is 4.79 Å². The summed E-state index contributed by atoms with van der Waals surface area (Å²) < 4.78 is 0. The third-order valence-electron chi connectivity index (χ3n) is 4.85. The number of aryl methyl sites for hydroxylation is 1. The topological polar surface area (TPSA) is 17.1 Å². The van der Waals surface area contributed by atoms with Crippen molar-refractivity contribution in [2.24, 2.45) is 0 Å². The molecule has 0 radical (unpaired) electrons. The Bertz CT molecular complexity index is 479. The summed E-state index contributed by atoms with van der Waals surface area (Å²) >= 11 is 0. The number of Topliss-reactive ketones (excluding diaryl/α,β-unsaturated/α-hetero) is 1. The van der Waals surface area contributed by atoms with Crippen molar-refractivity contribution in [1.82, 2.24) is 0 Å². The van der Waals surface area contributed by atoms with E-state index < -0.39 is 0 Å². The zero-order valence-electron chi connectivity index (χ0n) is 10.8. The molecule has 1 saturated carbocycles. The summed E-state index contributed by atoms with van der Waals surface area (Å²) in [5.41, 5.74) is 5.74. The summed E-state index contributed by atoms with van der Waals surface area (Å²) in [4.78, 5) is 11.7. The van der Waals surface area contributed by atoms with Crippen molar-refractivity contribution in [2.45, 2.75) is 57.8 Å². The average Bonchev–Trinajstić information content (AvgIpc) is 2.89. The van der Waals surface area contributed by atoms with Gasteiger partial charge >= 0.3 is 0 Å².